The number of rotatable bonds is 3. The summed E-state index contributed by atoms with van der Waals surface area (Å²) in [5.41, 5.74) is 0.528. The van der Waals surface area contributed by atoms with Gasteiger partial charge >= 0.3 is 0 Å². The summed E-state index contributed by atoms with van der Waals surface area (Å²) >= 11 is 0. The van der Waals surface area contributed by atoms with E-state index < -0.39 is 0 Å². The van der Waals surface area contributed by atoms with Gasteiger partial charge in [-0.1, -0.05) is 18.2 Å². The summed E-state index contributed by atoms with van der Waals surface area (Å²) in [6.07, 6.45) is 2.57. The summed E-state index contributed by atoms with van der Waals surface area (Å²) < 4.78 is 19.5. The molecule has 1 amide bonds. The Morgan fingerprint density at radius 1 is 1.35 bits per heavy atom. The fourth-order valence-electron chi connectivity index (χ4n) is 3.35. The van der Waals surface area contributed by atoms with Gasteiger partial charge in [0.15, 0.2) is 0 Å². The van der Waals surface area contributed by atoms with Gasteiger partial charge in [-0.3, -0.25) is 10.1 Å². The molecule has 20 heavy (non-hydrogen) atoms. The van der Waals surface area contributed by atoms with Gasteiger partial charge in [-0.15, -0.1) is 0 Å². The molecule has 3 atom stereocenters. The van der Waals surface area contributed by atoms with Gasteiger partial charge in [-0.25, -0.2) is 4.39 Å². The van der Waals surface area contributed by atoms with Crippen LogP contribution < -0.4 is 5.32 Å². The topological polar surface area (TPSA) is 41.6 Å². The van der Waals surface area contributed by atoms with E-state index in [0.29, 0.717) is 5.56 Å². The maximum absolute atomic E-state index is 14.0. The maximum atomic E-state index is 14.0. The Morgan fingerprint density at radius 2 is 2.15 bits per heavy atom. The average Bonchev–Trinajstić information content (AvgIpc) is 3.05. The summed E-state index contributed by atoms with van der Waals surface area (Å²) in [6, 6.07) is 6.65. The monoisotopic (exact) mass is 278 g/mol. The van der Waals surface area contributed by atoms with E-state index in [1.807, 2.05) is 0 Å². The first-order valence-electron chi connectivity index (χ1n) is 7.04. The highest BCUT2D eigenvalue weighted by Gasteiger charge is 2.42. The largest absolute Gasteiger partial charge is 0.379 e. The summed E-state index contributed by atoms with van der Waals surface area (Å²) in [5.74, 6) is -0.260. The van der Waals surface area contributed by atoms with E-state index in [1.165, 1.54) is 6.07 Å². The lowest BCUT2D eigenvalue weighted by Gasteiger charge is -2.33. The lowest BCUT2D eigenvalue weighted by molar-refractivity contribution is -0.132. The molecule has 1 saturated heterocycles. The van der Waals surface area contributed by atoms with Crippen LogP contribution in [0.1, 0.15) is 31.0 Å². The number of methoxy groups -OCH3 is 1. The first-order chi connectivity index (χ1) is 9.72. The van der Waals surface area contributed by atoms with Gasteiger partial charge in [0, 0.05) is 12.7 Å². The SMILES string of the molecule is COC1CCCC1N1C(=O)CNC1c1ccccc1F. The molecule has 1 saturated carbocycles. The van der Waals surface area contributed by atoms with Crippen molar-refractivity contribution < 1.29 is 13.9 Å². The molecule has 2 fully saturated rings. The molecule has 108 valence electrons. The molecule has 0 bridgehead atoms. The van der Waals surface area contributed by atoms with Crippen LogP contribution in [0.25, 0.3) is 0 Å². The Morgan fingerprint density at radius 3 is 2.90 bits per heavy atom. The summed E-state index contributed by atoms with van der Waals surface area (Å²) in [7, 11) is 1.68. The smallest absolute Gasteiger partial charge is 0.238 e. The van der Waals surface area contributed by atoms with Gasteiger partial charge < -0.3 is 9.64 Å². The van der Waals surface area contributed by atoms with Crippen molar-refractivity contribution in [2.75, 3.05) is 13.7 Å². The Labute approximate surface area is 117 Å². The molecule has 1 aliphatic heterocycles. The van der Waals surface area contributed by atoms with Crippen LogP contribution in [0, 0.1) is 5.82 Å². The molecule has 2 aliphatic rings. The highest BCUT2D eigenvalue weighted by molar-refractivity contribution is 5.81. The minimum atomic E-state index is -0.385. The van der Waals surface area contributed by atoms with Gasteiger partial charge in [0.05, 0.1) is 18.7 Å². The molecule has 0 radical (unpaired) electrons. The van der Waals surface area contributed by atoms with Crippen molar-refractivity contribution in [3.8, 4) is 0 Å². The molecule has 3 unspecified atom stereocenters. The van der Waals surface area contributed by atoms with Gasteiger partial charge in [-0.2, -0.15) is 0 Å². The third-order valence-electron chi connectivity index (χ3n) is 4.29. The first-order valence-corrected chi connectivity index (χ1v) is 7.04. The average molecular weight is 278 g/mol. The Hall–Kier alpha value is -1.46. The maximum Gasteiger partial charge on any atom is 0.238 e. The van der Waals surface area contributed by atoms with Crippen LogP contribution in [0.4, 0.5) is 4.39 Å². The number of ether oxygens (including phenoxy) is 1. The van der Waals surface area contributed by atoms with Gasteiger partial charge in [-0.05, 0) is 25.3 Å². The molecule has 1 aromatic rings. The molecule has 4 nitrogen and oxygen atoms in total. The van der Waals surface area contributed by atoms with E-state index in [4.69, 9.17) is 4.74 Å². The van der Waals surface area contributed by atoms with Crippen molar-refractivity contribution in [2.45, 2.75) is 37.6 Å². The number of carbonyl (C=O) groups is 1. The van der Waals surface area contributed by atoms with Crippen LogP contribution >= 0.6 is 0 Å². The molecule has 3 rings (SSSR count). The van der Waals surface area contributed by atoms with Crippen molar-refractivity contribution in [3.05, 3.63) is 35.6 Å². The number of carbonyl (C=O) groups excluding carboxylic acids is 1. The highest BCUT2D eigenvalue weighted by Crippen LogP contribution is 2.34. The van der Waals surface area contributed by atoms with Gasteiger partial charge in [0.2, 0.25) is 5.91 Å². The van der Waals surface area contributed by atoms with E-state index in [-0.39, 0.29) is 36.6 Å². The molecular formula is C15H19FN2O2. The van der Waals surface area contributed by atoms with Crippen molar-refractivity contribution >= 4 is 5.91 Å². The quantitative estimate of drug-likeness (QED) is 0.917. The molecule has 0 aromatic heterocycles. The van der Waals surface area contributed by atoms with Crippen LogP contribution in [-0.2, 0) is 9.53 Å². The van der Waals surface area contributed by atoms with E-state index in [9.17, 15) is 9.18 Å². The molecular weight excluding hydrogens is 259 g/mol. The summed E-state index contributed by atoms with van der Waals surface area (Å²) in [6.45, 7) is 0.256. The summed E-state index contributed by atoms with van der Waals surface area (Å²) in [5, 5.41) is 3.12. The molecule has 1 N–H and O–H groups in total. The van der Waals surface area contributed by atoms with E-state index in [0.717, 1.165) is 19.3 Å². The third kappa shape index (κ3) is 2.21. The number of benzene rings is 1. The van der Waals surface area contributed by atoms with Crippen LogP contribution in [-0.4, -0.2) is 36.6 Å². The van der Waals surface area contributed by atoms with Crippen LogP contribution in [0.15, 0.2) is 24.3 Å². The Kier molecular flexibility index (Phi) is 3.72. The number of nitrogens with one attached hydrogen (secondary N) is 1. The van der Waals surface area contributed by atoms with E-state index in [1.54, 1.807) is 30.2 Å². The zero-order chi connectivity index (χ0) is 14.1. The van der Waals surface area contributed by atoms with Crippen molar-refractivity contribution in [1.82, 2.24) is 10.2 Å². The zero-order valence-electron chi connectivity index (χ0n) is 11.5. The standard InChI is InChI=1S/C15H19FN2O2/c1-20-13-8-4-7-12(13)18-14(19)9-17-15(18)10-5-2-3-6-11(10)16/h2-3,5-6,12-13,15,17H,4,7-9H2,1H3. The second-order valence-corrected chi connectivity index (χ2v) is 5.38. The lowest BCUT2D eigenvalue weighted by Crippen LogP contribution is -2.44. The van der Waals surface area contributed by atoms with Crippen LogP contribution in [0.3, 0.4) is 0 Å². The minimum absolute atomic E-state index is 0.0206. The number of nitrogens with zero attached hydrogens (tertiary/aromatic N) is 1. The van der Waals surface area contributed by atoms with E-state index in [2.05, 4.69) is 5.32 Å². The zero-order valence-corrected chi connectivity index (χ0v) is 11.5. The first kappa shape index (κ1) is 13.5. The summed E-state index contributed by atoms with van der Waals surface area (Å²) in [4.78, 5) is 14.0. The van der Waals surface area contributed by atoms with Crippen molar-refractivity contribution in [2.24, 2.45) is 0 Å². The molecule has 1 aromatic carbocycles. The highest BCUT2D eigenvalue weighted by atomic mass is 19.1. The third-order valence-corrected chi connectivity index (χ3v) is 4.29. The van der Waals surface area contributed by atoms with Crippen LogP contribution in [0.2, 0.25) is 0 Å². The van der Waals surface area contributed by atoms with E-state index >= 15 is 0 Å². The second-order valence-electron chi connectivity index (χ2n) is 5.38. The van der Waals surface area contributed by atoms with Crippen LogP contribution in [0.5, 0.6) is 0 Å². The number of hydrogen-bond acceptors (Lipinski definition) is 3. The van der Waals surface area contributed by atoms with Crippen molar-refractivity contribution in [3.63, 3.8) is 0 Å². The second kappa shape index (κ2) is 5.50. The van der Waals surface area contributed by atoms with Gasteiger partial charge in [0.25, 0.3) is 0 Å². The fraction of sp³-hybridized carbons (Fsp3) is 0.533. The molecule has 1 aliphatic carbocycles. The Bertz CT molecular complexity index is 508. The molecule has 1 heterocycles. The Balaban J connectivity index is 1.91. The fourth-order valence-corrected chi connectivity index (χ4v) is 3.35. The number of hydrogen-bond donors (Lipinski definition) is 1. The minimum Gasteiger partial charge on any atom is -0.379 e. The normalized spacial score (nSPS) is 30.2. The predicted molar refractivity (Wildman–Crippen MR) is 72.4 cm³/mol. The van der Waals surface area contributed by atoms with Gasteiger partial charge in [0.1, 0.15) is 12.0 Å². The molecule has 5 heteroatoms. The number of halogens is 1. The lowest BCUT2D eigenvalue weighted by atomic mass is 10.1. The number of amides is 1. The predicted octanol–water partition coefficient (Wildman–Crippen LogP) is 1.82. The molecule has 0 spiro atoms. The van der Waals surface area contributed by atoms with Crippen molar-refractivity contribution in [1.29, 1.82) is 0 Å².